The number of aromatic nitrogens is 5. The average molecular weight is 373 g/mol. The van der Waals surface area contributed by atoms with Crippen LogP contribution in [-0.4, -0.2) is 30.9 Å². The molecule has 2 N–H and O–H groups in total. The molecule has 1 aromatic carbocycles. The predicted octanol–water partition coefficient (Wildman–Crippen LogP) is 3.02. The van der Waals surface area contributed by atoms with Crippen LogP contribution in [0.3, 0.4) is 0 Å². The number of nitrogens with zero attached hydrogens (tertiary/aromatic N) is 4. The standard InChI is InChI=1S/C15H13BrN6O/c16-10-3-1-9(2-4-10)12-7-13(20-19-12)14(23)18-15-21-17-8-22(15)11-5-6-11/h1-4,7-8,11H,5-6H2,(H,19,20)(H,18,21,23). The Morgan fingerprint density at radius 1 is 1.30 bits per heavy atom. The molecule has 1 amide bonds. The van der Waals surface area contributed by atoms with Crippen molar-refractivity contribution in [3.05, 3.63) is 46.8 Å². The molecule has 8 heteroatoms. The molecule has 1 saturated carbocycles. The zero-order chi connectivity index (χ0) is 15.8. The van der Waals surface area contributed by atoms with E-state index in [0.29, 0.717) is 23.4 Å². The Morgan fingerprint density at radius 2 is 2.09 bits per heavy atom. The molecule has 1 aliphatic carbocycles. The number of hydrogen-bond donors (Lipinski definition) is 2. The van der Waals surface area contributed by atoms with Gasteiger partial charge in [0.15, 0.2) is 0 Å². The van der Waals surface area contributed by atoms with Crippen molar-refractivity contribution in [1.82, 2.24) is 25.0 Å². The van der Waals surface area contributed by atoms with Crippen molar-refractivity contribution in [3.8, 4) is 11.3 Å². The van der Waals surface area contributed by atoms with E-state index >= 15 is 0 Å². The maximum atomic E-state index is 12.3. The van der Waals surface area contributed by atoms with E-state index in [0.717, 1.165) is 22.9 Å². The molecule has 3 aromatic rings. The third kappa shape index (κ3) is 2.89. The van der Waals surface area contributed by atoms with Crippen LogP contribution < -0.4 is 5.32 Å². The van der Waals surface area contributed by atoms with Gasteiger partial charge in [-0.3, -0.25) is 19.8 Å². The van der Waals surface area contributed by atoms with Gasteiger partial charge in [-0.15, -0.1) is 10.2 Å². The minimum absolute atomic E-state index is 0.282. The van der Waals surface area contributed by atoms with Gasteiger partial charge in [-0.1, -0.05) is 28.1 Å². The molecule has 0 unspecified atom stereocenters. The third-order valence-electron chi connectivity index (χ3n) is 3.70. The molecule has 0 aliphatic heterocycles. The Bertz CT molecular complexity index is 849. The lowest BCUT2D eigenvalue weighted by Crippen LogP contribution is -2.16. The number of benzene rings is 1. The zero-order valence-corrected chi connectivity index (χ0v) is 13.6. The molecule has 116 valence electrons. The van der Waals surface area contributed by atoms with E-state index in [1.807, 2.05) is 28.8 Å². The van der Waals surface area contributed by atoms with E-state index < -0.39 is 0 Å². The second-order valence-electron chi connectivity index (χ2n) is 5.42. The Kier molecular flexibility index (Phi) is 3.45. The molecule has 23 heavy (non-hydrogen) atoms. The molecule has 1 fully saturated rings. The quantitative estimate of drug-likeness (QED) is 0.736. The molecule has 1 aliphatic rings. The van der Waals surface area contributed by atoms with Crippen molar-refractivity contribution in [2.45, 2.75) is 18.9 Å². The lowest BCUT2D eigenvalue weighted by molar-refractivity contribution is 0.102. The van der Waals surface area contributed by atoms with Gasteiger partial charge in [-0.25, -0.2) is 0 Å². The van der Waals surface area contributed by atoms with Gasteiger partial charge in [-0.2, -0.15) is 5.10 Å². The number of carbonyl (C=O) groups is 1. The second kappa shape index (κ2) is 5.62. The van der Waals surface area contributed by atoms with Crippen LogP contribution in [0.1, 0.15) is 29.4 Å². The third-order valence-corrected chi connectivity index (χ3v) is 4.23. The first-order chi connectivity index (χ1) is 11.2. The van der Waals surface area contributed by atoms with E-state index in [-0.39, 0.29) is 5.91 Å². The molecule has 0 atom stereocenters. The first-order valence-corrected chi connectivity index (χ1v) is 8.02. The van der Waals surface area contributed by atoms with Gasteiger partial charge in [0.05, 0.1) is 5.69 Å². The Balaban J connectivity index is 1.53. The molecule has 0 saturated heterocycles. The summed E-state index contributed by atoms with van der Waals surface area (Å²) in [4.78, 5) is 12.3. The summed E-state index contributed by atoms with van der Waals surface area (Å²) >= 11 is 3.40. The van der Waals surface area contributed by atoms with Crippen molar-refractivity contribution in [1.29, 1.82) is 0 Å². The summed E-state index contributed by atoms with van der Waals surface area (Å²) in [5.41, 5.74) is 2.03. The highest BCUT2D eigenvalue weighted by Gasteiger charge is 2.27. The fourth-order valence-corrected chi connectivity index (χ4v) is 2.59. The van der Waals surface area contributed by atoms with Crippen LogP contribution in [0, 0.1) is 0 Å². The van der Waals surface area contributed by atoms with Crippen molar-refractivity contribution < 1.29 is 4.79 Å². The normalized spacial score (nSPS) is 14.0. The van der Waals surface area contributed by atoms with Crippen molar-refractivity contribution in [2.75, 3.05) is 5.32 Å². The topological polar surface area (TPSA) is 88.5 Å². The molecule has 4 rings (SSSR count). The van der Waals surface area contributed by atoms with Gasteiger partial charge >= 0.3 is 0 Å². The van der Waals surface area contributed by atoms with E-state index in [1.54, 1.807) is 12.4 Å². The number of hydrogen-bond acceptors (Lipinski definition) is 4. The van der Waals surface area contributed by atoms with Gasteiger partial charge in [0.2, 0.25) is 5.95 Å². The molecular weight excluding hydrogens is 360 g/mol. The van der Waals surface area contributed by atoms with Crippen molar-refractivity contribution in [3.63, 3.8) is 0 Å². The summed E-state index contributed by atoms with van der Waals surface area (Å²) < 4.78 is 2.89. The Labute approximate surface area is 140 Å². The maximum Gasteiger partial charge on any atom is 0.276 e. The Hall–Kier alpha value is -2.48. The van der Waals surface area contributed by atoms with E-state index in [9.17, 15) is 4.79 Å². The number of nitrogens with one attached hydrogen (secondary N) is 2. The number of anilines is 1. The second-order valence-corrected chi connectivity index (χ2v) is 6.34. The van der Waals surface area contributed by atoms with Gasteiger partial charge in [0, 0.05) is 16.1 Å². The maximum absolute atomic E-state index is 12.3. The molecular formula is C15H13BrN6O. The summed E-state index contributed by atoms with van der Waals surface area (Å²) in [7, 11) is 0. The number of carbonyl (C=O) groups excluding carboxylic acids is 1. The number of amides is 1. The van der Waals surface area contributed by atoms with Crippen molar-refractivity contribution >= 4 is 27.8 Å². The summed E-state index contributed by atoms with van der Waals surface area (Å²) in [5.74, 6) is 0.188. The first-order valence-electron chi connectivity index (χ1n) is 7.23. The van der Waals surface area contributed by atoms with Gasteiger partial charge in [-0.05, 0) is 31.0 Å². The van der Waals surface area contributed by atoms with Crippen LogP contribution in [0.25, 0.3) is 11.3 Å². The summed E-state index contributed by atoms with van der Waals surface area (Å²) in [6, 6.07) is 9.86. The van der Waals surface area contributed by atoms with Crippen LogP contribution in [0.2, 0.25) is 0 Å². The summed E-state index contributed by atoms with van der Waals surface area (Å²) in [6.07, 6.45) is 3.84. The van der Waals surface area contributed by atoms with E-state index in [2.05, 4.69) is 41.6 Å². The molecule has 0 radical (unpaired) electrons. The fourth-order valence-electron chi connectivity index (χ4n) is 2.33. The highest BCUT2D eigenvalue weighted by atomic mass is 79.9. The van der Waals surface area contributed by atoms with Crippen LogP contribution in [-0.2, 0) is 0 Å². The minimum Gasteiger partial charge on any atom is -0.297 e. The number of rotatable bonds is 4. The SMILES string of the molecule is O=C(Nc1nncn1C1CC1)c1cc(-c2ccc(Br)cc2)n[nH]1. The van der Waals surface area contributed by atoms with Crippen LogP contribution >= 0.6 is 15.9 Å². The minimum atomic E-state index is -0.282. The average Bonchev–Trinajstić information content (AvgIpc) is 3.09. The van der Waals surface area contributed by atoms with Gasteiger partial charge in [0.1, 0.15) is 12.0 Å². The molecule has 2 aromatic heterocycles. The smallest absolute Gasteiger partial charge is 0.276 e. The first kappa shape index (κ1) is 14.1. The fraction of sp³-hybridized carbons (Fsp3) is 0.200. The molecule has 2 heterocycles. The highest BCUT2D eigenvalue weighted by molar-refractivity contribution is 9.10. The summed E-state index contributed by atoms with van der Waals surface area (Å²) in [6.45, 7) is 0. The van der Waals surface area contributed by atoms with Crippen LogP contribution in [0.5, 0.6) is 0 Å². The lowest BCUT2D eigenvalue weighted by Gasteiger charge is -2.04. The largest absolute Gasteiger partial charge is 0.297 e. The number of aromatic amines is 1. The predicted molar refractivity (Wildman–Crippen MR) is 88.0 cm³/mol. The number of H-pyrrole nitrogens is 1. The Morgan fingerprint density at radius 3 is 2.83 bits per heavy atom. The van der Waals surface area contributed by atoms with Crippen LogP contribution in [0.4, 0.5) is 5.95 Å². The monoisotopic (exact) mass is 372 g/mol. The van der Waals surface area contributed by atoms with Gasteiger partial charge in [0.25, 0.3) is 5.91 Å². The molecule has 0 spiro atoms. The van der Waals surface area contributed by atoms with E-state index in [4.69, 9.17) is 0 Å². The summed E-state index contributed by atoms with van der Waals surface area (Å²) in [5, 5.41) is 17.5. The van der Waals surface area contributed by atoms with E-state index in [1.165, 1.54) is 0 Å². The number of halogens is 1. The molecule has 0 bridgehead atoms. The lowest BCUT2D eigenvalue weighted by atomic mass is 10.1. The van der Waals surface area contributed by atoms with Crippen molar-refractivity contribution in [2.24, 2.45) is 0 Å². The van der Waals surface area contributed by atoms with Crippen LogP contribution in [0.15, 0.2) is 41.1 Å². The highest BCUT2D eigenvalue weighted by Crippen LogP contribution is 2.36. The molecule has 7 nitrogen and oxygen atoms in total. The zero-order valence-electron chi connectivity index (χ0n) is 12.0. The van der Waals surface area contributed by atoms with Gasteiger partial charge < -0.3 is 0 Å².